The van der Waals surface area contributed by atoms with Crippen molar-refractivity contribution >= 4 is 70.1 Å². The minimum atomic E-state index is -0.601. The second-order valence-corrected chi connectivity index (χ2v) is 17.0. The molecule has 2 aliphatic carbocycles. The third-order valence-electron chi connectivity index (χ3n) is 13.0. The molecule has 13 rings (SSSR count). The molecule has 0 radical (unpaired) electrons. The molecule has 1 unspecified atom stereocenters. The summed E-state index contributed by atoms with van der Waals surface area (Å²) in [4.78, 5) is 2.45. The fourth-order valence-electron chi connectivity index (χ4n) is 10.7. The zero-order valence-electron chi connectivity index (χ0n) is 32.1. The molecule has 0 N–H and O–H groups in total. The minimum Gasteiger partial charge on any atom is -0.310 e. The van der Waals surface area contributed by atoms with Crippen molar-refractivity contribution in [3.8, 4) is 33.4 Å². The van der Waals surface area contributed by atoms with Crippen molar-refractivity contribution in [3.63, 3.8) is 0 Å². The van der Waals surface area contributed by atoms with Crippen LogP contribution < -0.4 is 4.90 Å². The number of benzene rings is 10. The van der Waals surface area contributed by atoms with E-state index in [4.69, 9.17) is 0 Å². The first-order valence-electron chi connectivity index (χ1n) is 20.4. The zero-order chi connectivity index (χ0) is 38.7. The highest BCUT2D eigenvalue weighted by atomic mass is 32.1. The molecule has 1 atom stereocenters. The molecule has 10 aromatic carbocycles. The molecule has 1 nitrogen and oxygen atoms in total. The van der Waals surface area contributed by atoms with Crippen LogP contribution in [0.2, 0.25) is 0 Å². The third-order valence-corrected chi connectivity index (χ3v) is 14.2. The monoisotopic (exact) mass is 765 g/mol. The lowest BCUT2D eigenvalue weighted by molar-refractivity contribution is 0.775. The van der Waals surface area contributed by atoms with Crippen LogP contribution in [0.5, 0.6) is 0 Å². The molecular formula is C57H35NS. The molecule has 1 heterocycles. The van der Waals surface area contributed by atoms with Crippen molar-refractivity contribution in [1.82, 2.24) is 0 Å². The molecule has 1 aromatic heterocycles. The normalized spacial score (nSPS) is 14.8. The molecule has 59 heavy (non-hydrogen) atoms. The van der Waals surface area contributed by atoms with Crippen molar-refractivity contribution < 1.29 is 0 Å². The summed E-state index contributed by atoms with van der Waals surface area (Å²) in [5.41, 5.74) is 15.9. The molecule has 11 aromatic rings. The maximum absolute atomic E-state index is 2.52. The number of fused-ring (bicyclic) bond motifs is 13. The fraction of sp³-hybridized carbons (Fsp3) is 0.0175. The van der Waals surface area contributed by atoms with Gasteiger partial charge in [0.25, 0.3) is 0 Å². The predicted octanol–water partition coefficient (Wildman–Crippen LogP) is 15.8. The SMILES string of the molecule is c1ccc(N(c2ccc3c(c2)C2(c4ccccc4-3)c3ccccc3-c3cccc4ccc(-c5cccc6ccccc56)c2c34)c2ccc3c(c2)sc2ccccc23)cc1. The van der Waals surface area contributed by atoms with Gasteiger partial charge in [-0.25, -0.2) is 0 Å². The van der Waals surface area contributed by atoms with E-state index in [1.54, 1.807) is 0 Å². The summed E-state index contributed by atoms with van der Waals surface area (Å²) >= 11 is 1.87. The van der Waals surface area contributed by atoms with E-state index in [-0.39, 0.29) is 0 Å². The van der Waals surface area contributed by atoms with Gasteiger partial charge in [0.1, 0.15) is 0 Å². The summed E-state index contributed by atoms with van der Waals surface area (Å²) < 4.78 is 2.61. The van der Waals surface area contributed by atoms with Gasteiger partial charge in [0.15, 0.2) is 0 Å². The van der Waals surface area contributed by atoms with E-state index in [0.29, 0.717) is 0 Å². The Morgan fingerprint density at radius 2 is 0.898 bits per heavy atom. The van der Waals surface area contributed by atoms with Gasteiger partial charge in [-0.1, -0.05) is 170 Å². The average molecular weight is 766 g/mol. The summed E-state index contributed by atoms with van der Waals surface area (Å²) in [6, 6.07) is 79.6. The van der Waals surface area contributed by atoms with Gasteiger partial charge >= 0.3 is 0 Å². The van der Waals surface area contributed by atoms with E-state index in [0.717, 1.165) is 17.1 Å². The maximum Gasteiger partial charge on any atom is 0.0732 e. The van der Waals surface area contributed by atoms with Gasteiger partial charge in [0, 0.05) is 37.2 Å². The van der Waals surface area contributed by atoms with E-state index < -0.39 is 5.41 Å². The Balaban J connectivity index is 1.15. The van der Waals surface area contributed by atoms with Crippen molar-refractivity contribution in [2.75, 3.05) is 4.90 Å². The Labute approximate surface area is 346 Å². The lowest BCUT2D eigenvalue weighted by atomic mass is 9.60. The van der Waals surface area contributed by atoms with Gasteiger partial charge in [0.2, 0.25) is 0 Å². The minimum absolute atomic E-state index is 0.601. The van der Waals surface area contributed by atoms with Crippen LogP contribution in [0, 0.1) is 0 Å². The number of thiophene rings is 1. The highest BCUT2D eigenvalue weighted by Crippen LogP contribution is 2.64. The van der Waals surface area contributed by atoms with Crippen molar-refractivity contribution in [1.29, 1.82) is 0 Å². The summed E-state index contributed by atoms with van der Waals surface area (Å²) in [5, 5.41) is 7.73. The number of nitrogens with zero attached hydrogens (tertiary/aromatic N) is 1. The first-order valence-corrected chi connectivity index (χ1v) is 21.2. The smallest absolute Gasteiger partial charge is 0.0732 e. The van der Waals surface area contributed by atoms with Gasteiger partial charge in [0.05, 0.1) is 5.41 Å². The summed E-state index contributed by atoms with van der Waals surface area (Å²) in [6.07, 6.45) is 0. The van der Waals surface area contributed by atoms with Crippen LogP contribution in [-0.2, 0) is 5.41 Å². The summed E-state index contributed by atoms with van der Waals surface area (Å²) in [6.45, 7) is 0. The second-order valence-electron chi connectivity index (χ2n) is 15.9. The van der Waals surface area contributed by atoms with Gasteiger partial charge in [-0.2, -0.15) is 0 Å². The lowest BCUT2D eigenvalue weighted by Crippen LogP contribution is -2.32. The number of rotatable bonds is 4. The van der Waals surface area contributed by atoms with Crippen LogP contribution in [0.3, 0.4) is 0 Å². The quantitative estimate of drug-likeness (QED) is 0.172. The molecule has 0 aliphatic heterocycles. The maximum atomic E-state index is 2.52. The third kappa shape index (κ3) is 4.50. The number of hydrogen-bond donors (Lipinski definition) is 0. The Hall–Kier alpha value is -7.26. The van der Waals surface area contributed by atoms with Gasteiger partial charge in [-0.15, -0.1) is 11.3 Å². The molecule has 2 aliphatic rings. The van der Waals surface area contributed by atoms with Crippen LogP contribution in [0.25, 0.3) is 75.1 Å². The number of anilines is 3. The molecule has 0 fully saturated rings. The molecule has 0 saturated heterocycles. The van der Waals surface area contributed by atoms with E-state index >= 15 is 0 Å². The van der Waals surface area contributed by atoms with Crippen LogP contribution in [-0.4, -0.2) is 0 Å². The number of hydrogen-bond acceptors (Lipinski definition) is 2. The van der Waals surface area contributed by atoms with E-state index in [2.05, 4.69) is 217 Å². The lowest BCUT2D eigenvalue weighted by Gasteiger charge is -2.42. The molecule has 0 saturated carbocycles. The second kappa shape index (κ2) is 12.4. The first kappa shape index (κ1) is 32.8. The molecule has 2 heteroatoms. The van der Waals surface area contributed by atoms with E-state index in [1.807, 2.05) is 11.3 Å². The summed E-state index contributed by atoms with van der Waals surface area (Å²) in [7, 11) is 0. The molecule has 1 spiro atoms. The molecule has 0 amide bonds. The Morgan fingerprint density at radius 3 is 1.75 bits per heavy atom. The highest BCUT2D eigenvalue weighted by Gasteiger charge is 2.51. The van der Waals surface area contributed by atoms with Crippen molar-refractivity contribution in [2.24, 2.45) is 0 Å². The first-order chi connectivity index (χ1) is 29.3. The largest absolute Gasteiger partial charge is 0.310 e. The Kier molecular flexibility index (Phi) is 6.87. The van der Waals surface area contributed by atoms with Crippen LogP contribution in [0.4, 0.5) is 17.1 Å². The van der Waals surface area contributed by atoms with Crippen LogP contribution in [0.15, 0.2) is 212 Å². The number of para-hydroxylation sites is 1. The highest BCUT2D eigenvalue weighted by molar-refractivity contribution is 7.25. The molecular weight excluding hydrogens is 731 g/mol. The average Bonchev–Trinajstić information content (AvgIpc) is 3.81. The zero-order valence-corrected chi connectivity index (χ0v) is 32.9. The standard InChI is InChI=1S/C57H35NS/c1-2-17-38(18-3-1)58(40-30-33-47-46-22-8-11-27-53(46)59-54(47)35-40)39-29-32-45-43-20-6-9-25-50(43)57(52(45)34-39)51-26-10-7-21-44(51)48-24-13-16-37-28-31-49(56(57)55(37)48)42-23-12-15-36-14-4-5-19-41(36)42/h1-35H. The fourth-order valence-corrected chi connectivity index (χ4v) is 11.8. The predicted molar refractivity (Wildman–Crippen MR) is 251 cm³/mol. The van der Waals surface area contributed by atoms with Crippen molar-refractivity contribution in [2.45, 2.75) is 5.41 Å². The van der Waals surface area contributed by atoms with Gasteiger partial charge in [-0.3, -0.25) is 0 Å². The van der Waals surface area contributed by atoms with Crippen LogP contribution in [0.1, 0.15) is 22.3 Å². The Morgan fingerprint density at radius 1 is 0.322 bits per heavy atom. The van der Waals surface area contributed by atoms with E-state index in [9.17, 15) is 0 Å². The Bertz CT molecular complexity index is 3520. The van der Waals surface area contributed by atoms with Crippen LogP contribution >= 0.6 is 11.3 Å². The van der Waals surface area contributed by atoms with E-state index in [1.165, 1.54) is 97.4 Å². The molecule has 274 valence electrons. The molecule has 0 bridgehead atoms. The van der Waals surface area contributed by atoms with Gasteiger partial charge in [-0.05, 0) is 120 Å². The summed E-state index contributed by atoms with van der Waals surface area (Å²) in [5.74, 6) is 0. The topological polar surface area (TPSA) is 3.24 Å². The van der Waals surface area contributed by atoms with Crippen molar-refractivity contribution in [3.05, 3.63) is 235 Å². The van der Waals surface area contributed by atoms with Gasteiger partial charge < -0.3 is 4.90 Å².